The minimum Gasteiger partial charge on any atom is -0.356 e. The number of hydrogen-bond donors (Lipinski definition) is 0. The van der Waals surface area contributed by atoms with E-state index in [0.717, 1.165) is 36.2 Å². The quantitative estimate of drug-likeness (QED) is 0.774. The molecule has 0 bridgehead atoms. The standard InChI is InChI=1S/C16H24ClN3/c1-3-4-12-7-9-20(10-8-12)16-11(2)14(17)18-15(19-16)13-5-6-13/h12-13H,3-10H2,1-2H3. The molecule has 1 aromatic rings. The molecule has 110 valence electrons. The maximum absolute atomic E-state index is 6.31. The Bertz CT molecular complexity index is 477. The second-order valence-electron chi connectivity index (χ2n) is 6.31. The maximum Gasteiger partial charge on any atom is 0.137 e. The zero-order valence-corrected chi connectivity index (χ0v) is 13.3. The van der Waals surface area contributed by atoms with Crippen LogP contribution < -0.4 is 4.90 Å². The molecule has 0 amide bonds. The molecular formula is C16H24ClN3. The number of halogens is 1. The number of aromatic nitrogens is 2. The summed E-state index contributed by atoms with van der Waals surface area (Å²) in [5.41, 5.74) is 1.05. The van der Waals surface area contributed by atoms with Gasteiger partial charge in [0.1, 0.15) is 16.8 Å². The van der Waals surface area contributed by atoms with Gasteiger partial charge in [0.25, 0.3) is 0 Å². The molecular weight excluding hydrogens is 270 g/mol. The van der Waals surface area contributed by atoms with Crippen LogP contribution in [-0.4, -0.2) is 23.1 Å². The molecule has 2 heterocycles. The molecule has 2 aliphatic rings. The minimum atomic E-state index is 0.560. The first-order valence-corrected chi connectivity index (χ1v) is 8.35. The second-order valence-corrected chi connectivity index (χ2v) is 6.67. The van der Waals surface area contributed by atoms with Crippen molar-refractivity contribution in [3.05, 3.63) is 16.5 Å². The topological polar surface area (TPSA) is 29.0 Å². The van der Waals surface area contributed by atoms with E-state index in [-0.39, 0.29) is 0 Å². The predicted octanol–water partition coefficient (Wildman–Crippen LogP) is 4.33. The molecule has 0 aromatic carbocycles. The normalized spacial score (nSPS) is 20.4. The SMILES string of the molecule is CCCC1CCN(c2nc(C3CC3)nc(Cl)c2C)CC1. The lowest BCUT2D eigenvalue weighted by molar-refractivity contribution is 0.377. The molecule has 0 unspecified atom stereocenters. The third kappa shape index (κ3) is 2.93. The van der Waals surface area contributed by atoms with Crippen molar-refractivity contribution in [3.63, 3.8) is 0 Å². The van der Waals surface area contributed by atoms with Crippen LogP contribution in [0.3, 0.4) is 0 Å². The number of rotatable bonds is 4. The van der Waals surface area contributed by atoms with E-state index < -0.39 is 0 Å². The van der Waals surface area contributed by atoms with Gasteiger partial charge in [-0.3, -0.25) is 0 Å². The summed E-state index contributed by atoms with van der Waals surface area (Å²) in [4.78, 5) is 11.7. The average Bonchev–Trinajstić information content (AvgIpc) is 3.28. The van der Waals surface area contributed by atoms with E-state index in [1.54, 1.807) is 0 Å². The first kappa shape index (κ1) is 14.1. The highest BCUT2D eigenvalue weighted by Crippen LogP contribution is 2.40. The molecule has 0 spiro atoms. The van der Waals surface area contributed by atoms with E-state index in [9.17, 15) is 0 Å². The Labute approximate surface area is 126 Å². The Morgan fingerprint density at radius 2 is 1.85 bits per heavy atom. The Morgan fingerprint density at radius 3 is 2.45 bits per heavy atom. The Balaban J connectivity index is 1.76. The summed E-state index contributed by atoms with van der Waals surface area (Å²) in [6.07, 6.45) is 7.68. The fourth-order valence-corrected chi connectivity index (χ4v) is 3.34. The van der Waals surface area contributed by atoms with Gasteiger partial charge >= 0.3 is 0 Å². The van der Waals surface area contributed by atoms with E-state index in [2.05, 4.69) is 16.8 Å². The molecule has 4 heteroatoms. The van der Waals surface area contributed by atoms with E-state index in [4.69, 9.17) is 16.6 Å². The third-order valence-electron chi connectivity index (χ3n) is 4.63. The molecule has 1 saturated heterocycles. The van der Waals surface area contributed by atoms with Crippen molar-refractivity contribution in [2.75, 3.05) is 18.0 Å². The monoisotopic (exact) mass is 293 g/mol. The van der Waals surface area contributed by atoms with E-state index in [1.807, 2.05) is 6.92 Å². The predicted molar refractivity (Wildman–Crippen MR) is 83.6 cm³/mol. The summed E-state index contributed by atoms with van der Waals surface area (Å²) >= 11 is 6.31. The summed E-state index contributed by atoms with van der Waals surface area (Å²) in [5, 5.41) is 0.646. The minimum absolute atomic E-state index is 0.560. The Hall–Kier alpha value is -0.830. The van der Waals surface area contributed by atoms with Crippen molar-refractivity contribution in [1.82, 2.24) is 9.97 Å². The van der Waals surface area contributed by atoms with Gasteiger partial charge in [-0.15, -0.1) is 0 Å². The lowest BCUT2D eigenvalue weighted by Crippen LogP contribution is -2.35. The van der Waals surface area contributed by atoms with Gasteiger partial charge in [0.05, 0.1) is 0 Å². The molecule has 20 heavy (non-hydrogen) atoms. The van der Waals surface area contributed by atoms with E-state index >= 15 is 0 Å². The van der Waals surface area contributed by atoms with Gasteiger partial charge in [-0.1, -0.05) is 31.4 Å². The van der Waals surface area contributed by atoms with Crippen molar-refractivity contribution in [1.29, 1.82) is 0 Å². The Morgan fingerprint density at radius 1 is 1.15 bits per heavy atom. The van der Waals surface area contributed by atoms with Gasteiger partial charge in [-0.05, 0) is 38.5 Å². The van der Waals surface area contributed by atoms with Crippen LogP contribution in [0.25, 0.3) is 0 Å². The molecule has 1 aromatic heterocycles. The third-order valence-corrected chi connectivity index (χ3v) is 5.00. The molecule has 0 N–H and O–H groups in total. The van der Waals surface area contributed by atoms with Crippen molar-refractivity contribution >= 4 is 17.4 Å². The fraction of sp³-hybridized carbons (Fsp3) is 0.750. The average molecular weight is 294 g/mol. The molecule has 1 aliphatic carbocycles. The first-order chi connectivity index (χ1) is 9.69. The van der Waals surface area contributed by atoms with Crippen molar-refractivity contribution in [2.45, 2.75) is 58.3 Å². The van der Waals surface area contributed by atoms with Gasteiger partial charge in [0, 0.05) is 24.6 Å². The summed E-state index contributed by atoms with van der Waals surface area (Å²) in [5.74, 6) is 3.51. The van der Waals surface area contributed by atoms with Crippen molar-refractivity contribution in [2.24, 2.45) is 5.92 Å². The van der Waals surface area contributed by atoms with Gasteiger partial charge in [0.2, 0.25) is 0 Å². The van der Waals surface area contributed by atoms with Crippen LogP contribution in [-0.2, 0) is 0 Å². The second kappa shape index (κ2) is 5.88. The molecule has 1 aliphatic heterocycles. The molecule has 1 saturated carbocycles. The lowest BCUT2D eigenvalue weighted by Gasteiger charge is -2.33. The van der Waals surface area contributed by atoms with Gasteiger partial charge in [0.15, 0.2) is 0 Å². The molecule has 3 rings (SSSR count). The summed E-state index contributed by atoms with van der Waals surface area (Å²) in [6, 6.07) is 0. The molecule has 0 radical (unpaired) electrons. The fourth-order valence-electron chi connectivity index (χ4n) is 3.17. The van der Waals surface area contributed by atoms with Crippen LogP contribution in [0.15, 0.2) is 0 Å². The summed E-state index contributed by atoms with van der Waals surface area (Å²) in [7, 11) is 0. The van der Waals surface area contributed by atoms with Crippen molar-refractivity contribution in [3.8, 4) is 0 Å². The molecule has 3 nitrogen and oxygen atoms in total. The maximum atomic E-state index is 6.31. The number of piperidine rings is 1. The summed E-state index contributed by atoms with van der Waals surface area (Å²) < 4.78 is 0. The van der Waals surface area contributed by atoms with Crippen LogP contribution in [0.4, 0.5) is 5.82 Å². The highest BCUT2D eigenvalue weighted by molar-refractivity contribution is 6.30. The zero-order chi connectivity index (χ0) is 14.1. The number of anilines is 1. The highest BCUT2D eigenvalue weighted by Gasteiger charge is 2.29. The van der Waals surface area contributed by atoms with E-state index in [0.29, 0.717) is 11.1 Å². The van der Waals surface area contributed by atoms with Crippen molar-refractivity contribution < 1.29 is 0 Å². The summed E-state index contributed by atoms with van der Waals surface area (Å²) in [6.45, 7) is 6.56. The van der Waals surface area contributed by atoms with Crippen LogP contribution in [0.2, 0.25) is 5.15 Å². The zero-order valence-electron chi connectivity index (χ0n) is 12.5. The smallest absolute Gasteiger partial charge is 0.137 e. The van der Waals surface area contributed by atoms with Crippen LogP contribution >= 0.6 is 11.6 Å². The molecule has 0 atom stereocenters. The Kier molecular flexibility index (Phi) is 4.16. The van der Waals surface area contributed by atoms with Crippen LogP contribution in [0.5, 0.6) is 0 Å². The first-order valence-electron chi connectivity index (χ1n) is 7.98. The number of hydrogen-bond acceptors (Lipinski definition) is 3. The number of nitrogens with zero attached hydrogens (tertiary/aromatic N) is 3. The van der Waals surface area contributed by atoms with Crippen LogP contribution in [0, 0.1) is 12.8 Å². The lowest BCUT2D eigenvalue weighted by atomic mass is 9.92. The van der Waals surface area contributed by atoms with Crippen LogP contribution in [0.1, 0.15) is 62.8 Å². The molecule has 2 fully saturated rings. The van der Waals surface area contributed by atoms with Gasteiger partial charge < -0.3 is 4.90 Å². The largest absolute Gasteiger partial charge is 0.356 e. The highest BCUT2D eigenvalue weighted by atomic mass is 35.5. The van der Waals surface area contributed by atoms with Gasteiger partial charge in [-0.2, -0.15) is 0 Å². The van der Waals surface area contributed by atoms with E-state index in [1.165, 1.54) is 38.5 Å². The van der Waals surface area contributed by atoms with Gasteiger partial charge in [-0.25, -0.2) is 9.97 Å².